The Balaban J connectivity index is 1.62. The van der Waals surface area contributed by atoms with Crippen LogP contribution in [0, 0.1) is 11.8 Å². The van der Waals surface area contributed by atoms with Crippen molar-refractivity contribution in [1.82, 2.24) is 14.8 Å². The molecule has 0 unspecified atom stereocenters. The van der Waals surface area contributed by atoms with Gasteiger partial charge in [0.15, 0.2) is 5.82 Å². The summed E-state index contributed by atoms with van der Waals surface area (Å²) in [5.41, 5.74) is 2.32. The number of hydrogen-bond donors (Lipinski definition) is 1. The van der Waals surface area contributed by atoms with Crippen molar-refractivity contribution in [3.8, 4) is 23.1 Å². The molecule has 4 rings (SSSR count). The van der Waals surface area contributed by atoms with E-state index in [1.165, 1.54) is 0 Å². The lowest BCUT2D eigenvalue weighted by Gasteiger charge is -2.11. The molecule has 6 nitrogen and oxygen atoms in total. The summed E-state index contributed by atoms with van der Waals surface area (Å²) in [4.78, 5) is 17.0. The van der Waals surface area contributed by atoms with Crippen LogP contribution in [-0.4, -0.2) is 27.3 Å². The molecule has 3 aromatic rings. The van der Waals surface area contributed by atoms with Crippen molar-refractivity contribution in [1.29, 1.82) is 0 Å². The monoisotopic (exact) mass is 472 g/mol. The van der Waals surface area contributed by atoms with Crippen LogP contribution in [0.15, 0.2) is 42.5 Å². The average molecular weight is 473 g/mol. The summed E-state index contributed by atoms with van der Waals surface area (Å²) in [5, 5.41) is 8.48. The predicted octanol–water partition coefficient (Wildman–Crippen LogP) is 6.40. The van der Waals surface area contributed by atoms with Gasteiger partial charge in [-0.1, -0.05) is 49.9 Å². The summed E-state index contributed by atoms with van der Waals surface area (Å²) in [6, 6.07) is 13.2. The second-order valence-electron chi connectivity index (χ2n) is 8.48. The number of benzene rings is 2. The first-order valence-corrected chi connectivity index (χ1v) is 11.6. The van der Waals surface area contributed by atoms with Gasteiger partial charge in [-0.2, -0.15) is 4.98 Å². The van der Waals surface area contributed by atoms with E-state index in [-0.39, 0.29) is 11.8 Å². The molecule has 1 fully saturated rings. The normalized spacial score (nSPS) is 14.2. The van der Waals surface area contributed by atoms with Gasteiger partial charge in [0.1, 0.15) is 0 Å². The largest absolute Gasteiger partial charge is 0.462 e. The highest BCUT2D eigenvalue weighted by molar-refractivity contribution is 6.42. The number of carbonyl (C=O) groups excluding carboxylic acids is 1. The molecule has 0 bridgehead atoms. The van der Waals surface area contributed by atoms with Gasteiger partial charge in [0.05, 0.1) is 22.3 Å². The van der Waals surface area contributed by atoms with Crippen LogP contribution in [-0.2, 0) is 4.79 Å². The number of halogens is 2. The van der Waals surface area contributed by atoms with Crippen LogP contribution in [0.1, 0.15) is 39.5 Å². The van der Waals surface area contributed by atoms with Crippen LogP contribution < -0.4 is 10.1 Å². The van der Waals surface area contributed by atoms with Gasteiger partial charge in [-0.25, -0.2) is 4.68 Å². The minimum atomic E-state index is 0.0943. The van der Waals surface area contributed by atoms with E-state index in [0.29, 0.717) is 34.4 Å². The Kier molecular flexibility index (Phi) is 7.01. The second-order valence-corrected chi connectivity index (χ2v) is 9.30. The van der Waals surface area contributed by atoms with E-state index >= 15 is 0 Å². The highest BCUT2D eigenvalue weighted by Crippen LogP contribution is 2.31. The molecular weight excluding hydrogens is 447 g/mol. The number of carbonyl (C=O) groups is 1. The Bertz CT molecular complexity index is 1090. The SMILES string of the molecule is CC(C)COc1nc(-c2ccc(Cl)c(Cl)c2)n(-c2ccc(NC(=O)C3CCCC3)cc2)n1. The molecule has 1 aliphatic carbocycles. The van der Waals surface area contributed by atoms with Crippen LogP contribution in [0.3, 0.4) is 0 Å². The number of aromatic nitrogens is 3. The van der Waals surface area contributed by atoms with E-state index in [1.807, 2.05) is 30.3 Å². The molecule has 1 saturated carbocycles. The molecule has 1 amide bonds. The van der Waals surface area contributed by atoms with E-state index < -0.39 is 0 Å². The van der Waals surface area contributed by atoms with Crippen molar-refractivity contribution in [2.24, 2.45) is 11.8 Å². The van der Waals surface area contributed by atoms with Gasteiger partial charge in [-0.3, -0.25) is 4.79 Å². The lowest BCUT2D eigenvalue weighted by molar-refractivity contribution is -0.119. The average Bonchev–Trinajstić information content (AvgIpc) is 3.45. The Hall–Kier alpha value is -2.57. The third kappa shape index (κ3) is 5.25. The number of nitrogens with zero attached hydrogens (tertiary/aromatic N) is 3. The molecule has 8 heteroatoms. The Morgan fingerprint density at radius 1 is 1.12 bits per heavy atom. The summed E-state index contributed by atoms with van der Waals surface area (Å²) in [6.45, 7) is 4.64. The van der Waals surface area contributed by atoms with E-state index in [2.05, 4.69) is 29.2 Å². The topological polar surface area (TPSA) is 69.0 Å². The predicted molar refractivity (Wildman–Crippen MR) is 128 cm³/mol. The fraction of sp³-hybridized carbons (Fsp3) is 0.375. The lowest BCUT2D eigenvalue weighted by Crippen LogP contribution is -2.20. The number of hydrogen-bond acceptors (Lipinski definition) is 4. The number of amides is 1. The number of ether oxygens (including phenoxy) is 1. The zero-order valence-corrected chi connectivity index (χ0v) is 19.7. The van der Waals surface area contributed by atoms with Crippen molar-refractivity contribution in [3.05, 3.63) is 52.5 Å². The van der Waals surface area contributed by atoms with Crippen molar-refractivity contribution < 1.29 is 9.53 Å². The number of anilines is 1. The Morgan fingerprint density at radius 3 is 2.50 bits per heavy atom. The van der Waals surface area contributed by atoms with Crippen LogP contribution in [0.5, 0.6) is 6.01 Å². The molecule has 1 heterocycles. The fourth-order valence-electron chi connectivity index (χ4n) is 3.72. The molecule has 2 aromatic carbocycles. The zero-order valence-electron chi connectivity index (χ0n) is 18.1. The van der Waals surface area contributed by atoms with Crippen molar-refractivity contribution in [2.45, 2.75) is 39.5 Å². The maximum absolute atomic E-state index is 12.4. The summed E-state index contributed by atoms with van der Waals surface area (Å²) < 4.78 is 7.47. The first-order chi connectivity index (χ1) is 15.4. The fourth-order valence-corrected chi connectivity index (χ4v) is 4.01. The quantitative estimate of drug-likeness (QED) is 0.431. The van der Waals surface area contributed by atoms with Crippen LogP contribution in [0.2, 0.25) is 10.0 Å². The molecule has 0 radical (unpaired) electrons. The van der Waals surface area contributed by atoms with Gasteiger partial charge in [-0.15, -0.1) is 5.10 Å². The van der Waals surface area contributed by atoms with Gasteiger partial charge in [0.25, 0.3) is 0 Å². The first-order valence-electron chi connectivity index (χ1n) is 10.9. The molecular formula is C24H26Cl2N4O2. The molecule has 168 valence electrons. The highest BCUT2D eigenvalue weighted by atomic mass is 35.5. The van der Waals surface area contributed by atoms with Gasteiger partial charge in [0, 0.05) is 17.2 Å². The summed E-state index contributed by atoms with van der Waals surface area (Å²) >= 11 is 12.3. The zero-order chi connectivity index (χ0) is 22.7. The second kappa shape index (κ2) is 9.92. The van der Waals surface area contributed by atoms with E-state index in [4.69, 9.17) is 27.9 Å². The van der Waals surface area contributed by atoms with Crippen molar-refractivity contribution in [2.75, 3.05) is 11.9 Å². The molecule has 0 atom stereocenters. The molecule has 0 saturated heterocycles. The minimum absolute atomic E-state index is 0.0943. The third-order valence-electron chi connectivity index (χ3n) is 5.42. The van der Waals surface area contributed by atoms with Crippen LogP contribution in [0.4, 0.5) is 5.69 Å². The molecule has 1 aromatic heterocycles. The standard InChI is InChI=1S/C24H26Cl2N4O2/c1-15(2)14-32-24-28-22(17-7-12-20(25)21(26)13-17)30(29-24)19-10-8-18(9-11-19)27-23(31)16-5-3-4-6-16/h7-13,15-16H,3-6,14H2,1-2H3,(H,27,31). The maximum atomic E-state index is 12.4. The Labute approximate surface area is 197 Å². The minimum Gasteiger partial charge on any atom is -0.462 e. The summed E-state index contributed by atoms with van der Waals surface area (Å²) in [5.74, 6) is 1.15. The van der Waals surface area contributed by atoms with E-state index in [1.54, 1.807) is 16.8 Å². The van der Waals surface area contributed by atoms with Gasteiger partial charge in [0.2, 0.25) is 5.91 Å². The molecule has 1 N–H and O–H groups in total. The molecule has 0 spiro atoms. The summed E-state index contributed by atoms with van der Waals surface area (Å²) in [6.07, 6.45) is 4.19. The van der Waals surface area contributed by atoms with Crippen molar-refractivity contribution >= 4 is 34.8 Å². The third-order valence-corrected chi connectivity index (χ3v) is 6.16. The smallest absolute Gasteiger partial charge is 0.336 e. The maximum Gasteiger partial charge on any atom is 0.336 e. The number of rotatable bonds is 7. The van der Waals surface area contributed by atoms with Crippen LogP contribution >= 0.6 is 23.2 Å². The van der Waals surface area contributed by atoms with Gasteiger partial charge in [-0.05, 0) is 61.2 Å². The van der Waals surface area contributed by atoms with E-state index in [9.17, 15) is 4.79 Å². The highest BCUT2D eigenvalue weighted by Gasteiger charge is 2.22. The molecule has 32 heavy (non-hydrogen) atoms. The summed E-state index contributed by atoms with van der Waals surface area (Å²) in [7, 11) is 0. The Morgan fingerprint density at radius 2 is 1.84 bits per heavy atom. The molecule has 0 aliphatic heterocycles. The molecule has 1 aliphatic rings. The van der Waals surface area contributed by atoms with Gasteiger partial charge >= 0.3 is 6.01 Å². The number of nitrogens with one attached hydrogen (secondary N) is 1. The first kappa shape index (κ1) is 22.6. The van der Waals surface area contributed by atoms with Gasteiger partial charge < -0.3 is 10.1 Å². The van der Waals surface area contributed by atoms with E-state index in [0.717, 1.165) is 42.6 Å². The van der Waals surface area contributed by atoms with Crippen molar-refractivity contribution in [3.63, 3.8) is 0 Å². The van der Waals surface area contributed by atoms with Crippen LogP contribution in [0.25, 0.3) is 17.1 Å². The lowest BCUT2D eigenvalue weighted by atomic mass is 10.1.